The second-order valence-electron chi connectivity index (χ2n) is 8.94. The average Bonchev–Trinajstić information content (AvgIpc) is 2.89. The van der Waals surface area contributed by atoms with Gasteiger partial charge in [0, 0.05) is 45.2 Å². The van der Waals surface area contributed by atoms with Gasteiger partial charge >= 0.3 is 0 Å². The van der Waals surface area contributed by atoms with Crippen LogP contribution in [-0.2, 0) is 16.1 Å². The van der Waals surface area contributed by atoms with E-state index in [2.05, 4.69) is 20.4 Å². The fourth-order valence-corrected chi connectivity index (χ4v) is 4.30. The van der Waals surface area contributed by atoms with Gasteiger partial charge in [-0.3, -0.25) is 14.6 Å². The largest absolute Gasteiger partial charge is 0.481 e. The second-order valence-corrected chi connectivity index (χ2v) is 8.94. The molecule has 2 aromatic heterocycles. The number of aliphatic hydroxyl groups excluding tert-OH is 1. The summed E-state index contributed by atoms with van der Waals surface area (Å²) in [5, 5.41) is 9.44. The molecule has 0 aliphatic carbocycles. The number of carbonyl (C=O) groups is 1. The molecule has 1 amide bonds. The van der Waals surface area contributed by atoms with Crippen molar-refractivity contribution < 1.29 is 23.9 Å². The standard InChI is InChI=1S/C26H30FN7O4.H2S/c1-14-23-20(32-26(28)29-14)13-19(31-24(23)33-38-21(10-11-35)25(36)34(2)3)16-9-8-15(27)12-17(16)18-6-5-7-22(30-18)37-4;/h5-9,12,19,21,35H,10-11,13H2,1-4H3,(H,31,33)(H2,28,29,32);1H2/t19-,21+;/m1./s1. The number of aliphatic imine (C=N–C) groups is 1. The zero-order valence-corrected chi connectivity index (χ0v) is 23.1. The number of aryl methyl sites for hydroxylation is 1. The Kier molecular flexibility index (Phi) is 9.78. The van der Waals surface area contributed by atoms with Gasteiger partial charge in [-0.25, -0.2) is 24.8 Å². The number of anilines is 1. The van der Waals surface area contributed by atoms with Gasteiger partial charge in [0.25, 0.3) is 5.91 Å². The molecular weight excluding hydrogens is 525 g/mol. The highest BCUT2D eigenvalue weighted by Gasteiger charge is 2.30. The van der Waals surface area contributed by atoms with Crippen LogP contribution < -0.4 is 16.0 Å². The Hall–Kier alpha value is -3.81. The van der Waals surface area contributed by atoms with Gasteiger partial charge in [-0.2, -0.15) is 13.5 Å². The van der Waals surface area contributed by atoms with E-state index in [9.17, 15) is 14.3 Å². The third kappa shape index (κ3) is 6.61. The van der Waals surface area contributed by atoms with Crippen molar-refractivity contribution in [3.05, 3.63) is 64.7 Å². The number of aromatic nitrogens is 3. The summed E-state index contributed by atoms with van der Waals surface area (Å²) in [5.41, 5.74) is 12.3. The molecule has 0 fully saturated rings. The van der Waals surface area contributed by atoms with Crippen LogP contribution in [0.25, 0.3) is 11.3 Å². The molecule has 0 saturated carbocycles. The maximum atomic E-state index is 14.4. The third-order valence-electron chi connectivity index (χ3n) is 6.08. The molecular formula is C26H32FN7O4S. The quantitative estimate of drug-likeness (QED) is 0.354. The molecule has 11 nitrogen and oxygen atoms in total. The molecule has 39 heavy (non-hydrogen) atoms. The molecule has 3 heterocycles. The summed E-state index contributed by atoms with van der Waals surface area (Å²) in [6, 6.07) is 9.14. The molecule has 3 aromatic rings. The number of amides is 1. The molecule has 13 heteroatoms. The minimum Gasteiger partial charge on any atom is -0.481 e. The van der Waals surface area contributed by atoms with Crippen molar-refractivity contribution in [1.29, 1.82) is 0 Å². The van der Waals surface area contributed by atoms with E-state index in [1.165, 1.54) is 24.1 Å². The number of methoxy groups -OCH3 is 1. The number of rotatable bonds is 8. The van der Waals surface area contributed by atoms with Crippen molar-refractivity contribution in [2.45, 2.75) is 31.9 Å². The summed E-state index contributed by atoms with van der Waals surface area (Å²) in [6.07, 6.45) is -0.527. The lowest BCUT2D eigenvalue weighted by atomic mass is 9.91. The number of benzene rings is 1. The van der Waals surface area contributed by atoms with Crippen LogP contribution >= 0.6 is 13.5 Å². The molecule has 0 bridgehead atoms. The van der Waals surface area contributed by atoms with Crippen LogP contribution in [0.15, 0.2) is 41.4 Å². The van der Waals surface area contributed by atoms with Gasteiger partial charge in [-0.1, -0.05) is 12.1 Å². The number of nitrogens with two attached hydrogens (primary N) is 1. The van der Waals surface area contributed by atoms with E-state index < -0.39 is 18.0 Å². The van der Waals surface area contributed by atoms with Gasteiger partial charge in [-0.05, 0) is 30.7 Å². The van der Waals surface area contributed by atoms with Crippen molar-refractivity contribution in [1.82, 2.24) is 25.3 Å². The summed E-state index contributed by atoms with van der Waals surface area (Å²) < 4.78 is 19.7. The molecule has 208 valence electrons. The third-order valence-corrected chi connectivity index (χ3v) is 6.08. The smallest absolute Gasteiger partial charge is 0.254 e. The van der Waals surface area contributed by atoms with E-state index in [-0.39, 0.29) is 44.2 Å². The molecule has 4 rings (SSSR count). The van der Waals surface area contributed by atoms with Crippen LogP contribution in [0.3, 0.4) is 0 Å². The van der Waals surface area contributed by atoms with Gasteiger partial charge in [-0.15, -0.1) is 0 Å². The minimum absolute atomic E-state index is 0. The topological polar surface area (TPSA) is 148 Å². The van der Waals surface area contributed by atoms with Crippen molar-refractivity contribution in [3.63, 3.8) is 0 Å². The van der Waals surface area contributed by atoms with E-state index in [1.807, 2.05) is 0 Å². The van der Waals surface area contributed by atoms with Crippen molar-refractivity contribution in [2.75, 3.05) is 33.5 Å². The normalized spacial score (nSPS) is 14.9. The van der Waals surface area contributed by atoms with E-state index in [0.717, 1.165) is 0 Å². The van der Waals surface area contributed by atoms with Crippen LogP contribution in [0, 0.1) is 12.7 Å². The van der Waals surface area contributed by atoms with Gasteiger partial charge in [0.15, 0.2) is 11.9 Å². The summed E-state index contributed by atoms with van der Waals surface area (Å²) in [5.74, 6) is 0.0400. The molecule has 0 saturated heterocycles. The number of likely N-dealkylation sites (N-methyl/N-ethyl adjacent to an activating group) is 1. The Morgan fingerprint density at radius 1 is 1.26 bits per heavy atom. The van der Waals surface area contributed by atoms with E-state index in [1.54, 1.807) is 45.3 Å². The van der Waals surface area contributed by atoms with Crippen LogP contribution in [-0.4, -0.2) is 70.6 Å². The zero-order chi connectivity index (χ0) is 27.4. The fraction of sp³-hybridized carbons (Fsp3) is 0.346. The number of carbonyl (C=O) groups excluding carboxylic acids is 1. The molecule has 4 N–H and O–H groups in total. The van der Waals surface area contributed by atoms with Crippen LogP contribution in [0.4, 0.5) is 10.3 Å². The number of hydrogen-bond donors (Lipinski definition) is 3. The summed E-state index contributed by atoms with van der Waals surface area (Å²) in [6.45, 7) is 1.52. The number of ether oxygens (including phenoxy) is 1. The number of amidine groups is 1. The Morgan fingerprint density at radius 2 is 2.03 bits per heavy atom. The van der Waals surface area contributed by atoms with E-state index in [4.69, 9.17) is 20.3 Å². The lowest BCUT2D eigenvalue weighted by Gasteiger charge is -2.27. The summed E-state index contributed by atoms with van der Waals surface area (Å²) in [7, 11) is 4.71. The summed E-state index contributed by atoms with van der Waals surface area (Å²) in [4.78, 5) is 37.7. The first-order valence-electron chi connectivity index (χ1n) is 12.0. The predicted molar refractivity (Wildman–Crippen MR) is 149 cm³/mol. The van der Waals surface area contributed by atoms with Gasteiger partial charge < -0.3 is 20.5 Å². The maximum absolute atomic E-state index is 14.4. The number of fused-ring (bicyclic) bond motifs is 1. The number of hydrogen-bond acceptors (Lipinski definition) is 10. The Bertz CT molecular complexity index is 1370. The molecule has 2 atom stereocenters. The molecule has 1 aliphatic rings. The molecule has 0 unspecified atom stereocenters. The van der Waals surface area contributed by atoms with Crippen LogP contribution in [0.5, 0.6) is 5.88 Å². The van der Waals surface area contributed by atoms with Crippen LogP contribution in [0.2, 0.25) is 0 Å². The van der Waals surface area contributed by atoms with Gasteiger partial charge in [0.05, 0.1) is 35.8 Å². The highest BCUT2D eigenvalue weighted by molar-refractivity contribution is 7.59. The van der Waals surface area contributed by atoms with Crippen molar-refractivity contribution in [2.24, 2.45) is 4.99 Å². The number of halogens is 1. The molecule has 1 aromatic carbocycles. The first-order chi connectivity index (χ1) is 18.2. The van der Waals surface area contributed by atoms with Crippen molar-refractivity contribution in [3.8, 4) is 17.1 Å². The first-order valence-corrected chi connectivity index (χ1v) is 12.0. The fourth-order valence-electron chi connectivity index (χ4n) is 4.30. The number of nitrogen functional groups attached to an aromatic ring is 1. The Morgan fingerprint density at radius 3 is 2.72 bits per heavy atom. The number of pyridine rings is 1. The van der Waals surface area contributed by atoms with Gasteiger partial charge in [0.2, 0.25) is 11.8 Å². The van der Waals surface area contributed by atoms with Gasteiger partial charge in [0.1, 0.15) is 5.82 Å². The Labute approximate surface area is 232 Å². The van der Waals surface area contributed by atoms with Crippen LogP contribution in [0.1, 0.15) is 35.0 Å². The lowest BCUT2D eigenvalue weighted by Crippen LogP contribution is -2.42. The average molecular weight is 558 g/mol. The number of aliphatic hydroxyl groups is 1. The zero-order valence-electron chi connectivity index (χ0n) is 22.1. The predicted octanol–water partition coefficient (Wildman–Crippen LogP) is 2.09. The SMILES string of the molecule is COc1cccc(-c2cc(F)ccc2[C@H]2Cc3nc(N)nc(C)c3C(NO[C@@H](CCO)C(=O)N(C)C)=N2)n1.S. The highest BCUT2D eigenvalue weighted by atomic mass is 32.1. The maximum Gasteiger partial charge on any atom is 0.254 e. The number of nitrogens with zero attached hydrogens (tertiary/aromatic N) is 5. The molecule has 1 aliphatic heterocycles. The highest BCUT2D eigenvalue weighted by Crippen LogP contribution is 2.36. The lowest BCUT2D eigenvalue weighted by molar-refractivity contribution is -0.145. The monoisotopic (exact) mass is 557 g/mol. The summed E-state index contributed by atoms with van der Waals surface area (Å²) >= 11 is 0. The van der Waals surface area contributed by atoms with E-state index >= 15 is 0 Å². The number of hydroxylamine groups is 1. The minimum atomic E-state index is -0.959. The first kappa shape index (κ1) is 29.7. The molecule has 0 spiro atoms. The van der Waals surface area contributed by atoms with E-state index in [0.29, 0.717) is 46.1 Å². The van der Waals surface area contributed by atoms with Crippen molar-refractivity contribution >= 4 is 31.2 Å². The Balaban J connectivity index is 0.00000420. The molecule has 0 radical (unpaired) electrons. The second kappa shape index (κ2) is 12.8. The number of nitrogens with one attached hydrogen (secondary N) is 1.